The van der Waals surface area contributed by atoms with Gasteiger partial charge in [-0.05, 0) is 44.0 Å². The molecule has 2 fully saturated rings. The number of hydrogen-bond acceptors (Lipinski definition) is 4. The van der Waals surface area contributed by atoms with Crippen molar-refractivity contribution < 1.29 is 0 Å². The number of likely N-dealkylation sites (tertiary alicyclic amines) is 2. The second-order valence-corrected chi connectivity index (χ2v) is 6.09. The number of aromatic nitrogens is 1. The fourth-order valence-electron chi connectivity index (χ4n) is 3.58. The predicted molar refractivity (Wildman–Crippen MR) is 81.2 cm³/mol. The normalized spacial score (nSPS) is 25.1. The van der Waals surface area contributed by atoms with E-state index in [1.165, 1.54) is 57.4 Å². The maximum absolute atomic E-state index is 5.78. The molecule has 1 aromatic rings. The first-order valence-electron chi connectivity index (χ1n) is 7.96. The molecule has 1 aromatic heterocycles. The second-order valence-electron chi connectivity index (χ2n) is 6.09. The van der Waals surface area contributed by atoms with Gasteiger partial charge in [-0.15, -0.1) is 0 Å². The summed E-state index contributed by atoms with van der Waals surface area (Å²) < 4.78 is 0. The zero-order chi connectivity index (χ0) is 13.8. The average Bonchev–Trinajstić information content (AvgIpc) is 2.97. The Kier molecular flexibility index (Phi) is 4.65. The number of hydrogen-bond donors (Lipinski definition) is 1. The summed E-state index contributed by atoms with van der Waals surface area (Å²) >= 11 is 0. The monoisotopic (exact) mass is 274 g/mol. The fourth-order valence-corrected chi connectivity index (χ4v) is 3.58. The maximum Gasteiger partial charge on any atom is 0.0584 e. The minimum absolute atomic E-state index is 0.541. The number of nitrogens with two attached hydrogens (primary N) is 1. The number of nitrogens with zero attached hydrogens (tertiary/aromatic N) is 3. The largest absolute Gasteiger partial charge is 0.325 e. The quantitative estimate of drug-likeness (QED) is 0.906. The highest BCUT2D eigenvalue weighted by molar-refractivity contribution is 5.19. The molecule has 4 heteroatoms. The highest BCUT2D eigenvalue weighted by atomic mass is 15.3. The SMILES string of the molecule is NCc1ncccc1CN1CCC(N2CCCCC2)C1. The molecule has 1 unspecified atom stereocenters. The van der Waals surface area contributed by atoms with Gasteiger partial charge in [0.1, 0.15) is 0 Å². The van der Waals surface area contributed by atoms with Crippen LogP contribution in [-0.4, -0.2) is 47.0 Å². The summed E-state index contributed by atoms with van der Waals surface area (Å²) in [5.74, 6) is 0. The second kappa shape index (κ2) is 6.66. The summed E-state index contributed by atoms with van der Waals surface area (Å²) in [4.78, 5) is 9.66. The van der Waals surface area contributed by atoms with Crippen LogP contribution >= 0.6 is 0 Å². The van der Waals surface area contributed by atoms with E-state index in [2.05, 4.69) is 20.9 Å². The van der Waals surface area contributed by atoms with Crippen molar-refractivity contribution in [1.82, 2.24) is 14.8 Å². The van der Waals surface area contributed by atoms with E-state index in [1.54, 1.807) is 0 Å². The van der Waals surface area contributed by atoms with Gasteiger partial charge in [-0.25, -0.2) is 0 Å². The molecule has 0 spiro atoms. The van der Waals surface area contributed by atoms with Crippen LogP contribution in [0.3, 0.4) is 0 Å². The van der Waals surface area contributed by atoms with Gasteiger partial charge in [-0.3, -0.25) is 14.8 Å². The van der Waals surface area contributed by atoms with Crippen LogP contribution in [0, 0.1) is 0 Å². The van der Waals surface area contributed by atoms with Crippen LogP contribution in [0.1, 0.15) is 36.9 Å². The van der Waals surface area contributed by atoms with Crippen molar-refractivity contribution in [3.05, 3.63) is 29.6 Å². The Balaban J connectivity index is 1.57. The van der Waals surface area contributed by atoms with E-state index in [1.807, 2.05) is 12.3 Å². The van der Waals surface area contributed by atoms with E-state index in [-0.39, 0.29) is 0 Å². The van der Waals surface area contributed by atoms with Crippen LogP contribution < -0.4 is 5.73 Å². The van der Waals surface area contributed by atoms with E-state index in [4.69, 9.17) is 5.73 Å². The van der Waals surface area contributed by atoms with Gasteiger partial charge in [0, 0.05) is 38.4 Å². The van der Waals surface area contributed by atoms with Crippen LogP contribution in [-0.2, 0) is 13.1 Å². The van der Waals surface area contributed by atoms with Gasteiger partial charge in [0.05, 0.1) is 5.69 Å². The lowest BCUT2D eigenvalue weighted by Gasteiger charge is -2.32. The van der Waals surface area contributed by atoms with Gasteiger partial charge in [0.15, 0.2) is 0 Å². The van der Waals surface area contributed by atoms with Crippen LogP contribution in [0.25, 0.3) is 0 Å². The van der Waals surface area contributed by atoms with E-state index < -0.39 is 0 Å². The van der Waals surface area contributed by atoms with Crippen LogP contribution in [0.5, 0.6) is 0 Å². The molecule has 110 valence electrons. The molecule has 2 N–H and O–H groups in total. The lowest BCUT2D eigenvalue weighted by Crippen LogP contribution is -2.40. The fraction of sp³-hybridized carbons (Fsp3) is 0.688. The molecule has 3 rings (SSSR count). The molecular weight excluding hydrogens is 248 g/mol. The van der Waals surface area contributed by atoms with Gasteiger partial charge < -0.3 is 5.73 Å². The van der Waals surface area contributed by atoms with Crippen molar-refractivity contribution in [2.24, 2.45) is 5.73 Å². The summed E-state index contributed by atoms with van der Waals surface area (Å²) in [7, 11) is 0. The molecule has 0 aliphatic carbocycles. The lowest BCUT2D eigenvalue weighted by atomic mass is 10.1. The third-order valence-electron chi connectivity index (χ3n) is 4.73. The Morgan fingerprint density at radius 2 is 2.05 bits per heavy atom. The molecular formula is C16H26N4. The summed E-state index contributed by atoms with van der Waals surface area (Å²) in [6.07, 6.45) is 7.35. The first kappa shape index (κ1) is 14.0. The number of piperidine rings is 1. The highest BCUT2D eigenvalue weighted by Crippen LogP contribution is 2.22. The molecule has 0 amide bonds. The molecule has 0 bridgehead atoms. The third-order valence-corrected chi connectivity index (χ3v) is 4.73. The maximum atomic E-state index is 5.78. The minimum atomic E-state index is 0.541. The van der Waals surface area contributed by atoms with Crippen molar-refractivity contribution in [1.29, 1.82) is 0 Å². The smallest absolute Gasteiger partial charge is 0.0584 e. The topological polar surface area (TPSA) is 45.4 Å². The van der Waals surface area contributed by atoms with Crippen molar-refractivity contribution in [3.63, 3.8) is 0 Å². The zero-order valence-corrected chi connectivity index (χ0v) is 12.3. The van der Waals surface area contributed by atoms with Crippen LogP contribution in [0.4, 0.5) is 0 Å². The Morgan fingerprint density at radius 3 is 2.85 bits per heavy atom. The van der Waals surface area contributed by atoms with Gasteiger partial charge in [0.2, 0.25) is 0 Å². The Labute approximate surface area is 122 Å². The molecule has 1 atom stereocenters. The van der Waals surface area contributed by atoms with E-state index in [0.29, 0.717) is 6.54 Å². The first-order valence-corrected chi connectivity index (χ1v) is 7.96. The minimum Gasteiger partial charge on any atom is -0.325 e. The van der Waals surface area contributed by atoms with Crippen molar-refractivity contribution in [2.45, 2.75) is 44.8 Å². The molecule has 0 saturated carbocycles. The predicted octanol–water partition coefficient (Wildman–Crippen LogP) is 1.60. The molecule has 2 saturated heterocycles. The third kappa shape index (κ3) is 3.19. The van der Waals surface area contributed by atoms with E-state index >= 15 is 0 Å². The van der Waals surface area contributed by atoms with E-state index in [0.717, 1.165) is 18.3 Å². The Bertz CT molecular complexity index is 428. The lowest BCUT2D eigenvalue weighted by molar-refractivity contribution is 0.161. The van der Waals surface area contributed by atoms with Crippen LogP contribution in [0.2, 0.25) is 0 Å². The zero-order valence-electron chi connectivity index (χ0n) is 12.3. The Hall–Kier alpha value is -0.970. The Morgan fingerprint density at radius 1 is 1.20 bits per heavy atom. The summed E-state index contributed by atoms with van der Waals surface area (Å²) in [5, 5.41) is 0. The van der Waals surface area contributed by atoms with Gasteiger partial charge in [0.25, 0.3) is 0 Å². The van der Waals surface area contributed by atoms with Gasteiger partial charge in [-0.2, -0.15) is 0 Å². The molecule has 0 aromatic carbocycles. The first-order chi connectivity index (χ1) is 9.86. The van der Waals surface area contributed by atoms with Gasteiger partial charge in [-0.1, -0.05) is 12.5 Å². The van der Waals surface area contributed by atoms with E-state index in [9.17, 15) is 0 Å². The summed E-state index contributed by atoms with van der Waals surface area (Å²) in [6.45, 7) is 6.57. The highest BCUT2D eigenvalue weighted by Gasteiger charge is 2.28. The molecule has 3 heterocycles. The summed E-state index contributed by atoms with van der Waals surface area (Å²) in [5.41, 5.74) is 8.13. The molecule has 2 aliphatic rings. The molecule has 20 heavy (non-hydrogen) atoms. The molecule has 0 radical (unpaired) electrons. The standard InChI is InChI=1S/C16H26N4/c17-11-16-14(5-4-7-18-16)12-19-10-6-15(13-19)20-8-2-1-3-9-20/h4-5,7,15H,1-3,6,8-13,17H2. The average molecular weight is 274 g/mol. The van der Waals surface area contributed by atoms with Crippen LogP contribution in [0.15, 0.2) is 18.3 Å². The van der Waals surface area contributed by atoms with Gasteiger partial charge >= 0.3 is 0 Å². The molecule has 2 aliphatic heterocycles. The summed E-state index contributed by atoms with van der Waals surface area (Å²) in [6, 6.07) is 4.96. The van der Waals surface area contributed by atoms with Crippen molar-refractivity contribution >= 4 is 0 Å². The number of rotatable bonds is 4. The van der Waals surface area contributed by atoms with Crippen molar-refractivity contribution in [2.75, 3.05) is 26.2 Å². The number of pyridine rings is 1. The molecule has 4 nitrogen and oxygen atoms in total. The van der Waals surface area contributed by atoms with Crippen molar-refractivity contribution in [3.8, 4) is 0 Å².